The van der Waals surface area contributed by atoms with Crippen LogP contribution in [0.3, 0.4) is 0 Å². The van der Waals surface area contributed by atoms with E-state index in [0.29, 0.717) is 6.61 Å². The predicted molar refractivity (Wildman–Crippen MR) is 82.7 cm³/mol. The topological polar surface area (TPSA) is 29.5 Å². The molecule has 1 heterocycles. The molecule has 1 N–H and O–H groups in total. The Morgan fingerprint density at radius 2 is 2.05 bits per heavy atom. The van der Waals surface area contributed by atoms with Crippen LogP contribution in [0, 0.1) is 11.8 Å². The third kappa shape index (κ3) is 5.18. The van der Waals surface area contributed by atoms with Crippen LogP contribution in [0.25, 0.3) is 0 Å². The van der Waals surface area contributed by atoms with Gasteiger partial charge in [-0.25, -0.2) is 0 Å². The minimum Gasteiger partial charge on any atom is -0.384 e. The van der Waals surface area contributed by atoms with Gasteiger partial charge in [0.05, 0.1) is 6.61 Å². The lowest BCUT2D eigenvalue weighted by Gasteiger charge is -2.03. The Hall–Kier alpha value is -1.60. The van der Waals surface area contributed by atoms with Gasteiger partial charge in [-0.1, -0.05) is 42.2 Å². The number of aliphatic hydroxyl groups excluding tert-OH is 1. The summed E-state index contributed by atoms with van der Waals surface area (Å²) in [4.78, 5) is 1.17. The second-order valence-electron chi connectivity index (χ2n) is 4.40. The van der Waals surface area contributed by atoms with E-state index in [-0.39, 0.29) is 6.61 Å². The first-order valence-electron chi connectivity index (χ1n) is 6.67. The van der Waals surface area contributed by atoms with Crippen molar-refractivity contribution in [2.45, 2.75) is 19.4 Å². The lowest BCUT2D eigenvalue weighted by Crippen LogP contribution is -1.96. The average Bonchev–Trinajstić information content (AvgIpc) is 2.94. The molecule has 104 valence electrons. The molecule has 0 bridgehead atoms. The quantitative estimate of drug-likeness (QED) is 0.652. The number of ether oxygens (including phenoxy) is 1. The second kappa shape index (κ2) is 8.55. The van der Waals surface area contributed by atoms with Gasteiger partial charge in [-0.3, -0.25) is 0 Å². The Bertz CT molecular complexity index is 563. The molecular weight excluding hydrogens is 268 g/mol. The van der Waals surface area contributed by atoms with E-state index in [9.17, 15) is 0 Å². The number of rotatable bonds is 6. The summed E-state index contributed by atoms with van der Waals surface area (Å²) in [6.07, 6.45) is 2.09. The van der Waals surface area contributed by atoms with Crippen LogP contribution in [0.4, 0.5) is 0 Å². The Balaban J connectivity index is 1.65. The number of aliphatic hydroxyl groups is 1. The fraction of sp³-hybridized carbons (Fsp3) is 0.294. The zero-order valence-electron chi connectivity index (χ0n) is 11.3. The Kier molecular flexibility index (Phi) is 6.33. The molecule has 0 aliphatic carbocycles. The van der Waals surface area contributed by atoms with Gasteiger partial charge in [0.1, 0.15) is 6.61 Å². The van der Waals surface area contributed by atoms with Gasteiger partial charge in [-0.15, -0.1) is 11.3 Å². The normalized spacial score (nSPS) is 10.1. The zero-order valence-corrected chi connectivity index (χ0v) is 12.2. The lowest BCUT2D eigenvalue weighted by molar-refractivity contribution is 0.121. The molecule has 20 heavy (non-hydrogen) atoms. The monoisotopic (exact) mass is 286 g/mol. The maximum Gasteiger partial charge on any atom is 0.104 e. The van der Waals surface area contributed by atoms with Crippen molar-refractivity contribution in [2.75, 3.05) is 13.2 Å². The van der Waals surface area contributed by atoms with Crippen LogP contribution in [-0.2, 0) is 17.8 Å². The van der Waals surface area contributed by atoms with E-state index in [1.54, 1.807) is 11.3 Å². The smallest absolute Gasteiger partial charge is 0.104 e. The SMILES string of the molecule is OCC#Cc1csc(COCCCc2ccccc2)c1. The Labute approximate surface area is 124 Å². The van der Waals surface area contributed by atoms with Gasteiger partial charge >= 0.3 is 0 Å². The van der Waals surface area contributed by atoms with Crippen LogP contribution in [0.1, 0.15) is 22.4 Å². The third-order valence-electron chi connectivity index (χ3n) is 2.81. The summed E-state index contributed by atoms with van der Waals surface area (Å²) in [5.41, 5.74) is 2.31. The fourth-order valence-electron chi connectivity index (χ4n) is 1.86. The highest BCUT2D eigenvalue weighted by atomic mass is 32.1. The largest absolute Gasteiger partial charge is 0.384 e. The first kappa shape index (κ1) is 14.8. The number of benzene rings is 1. The molecule has 0 unspecified atom stereocenters. The van der Waals surface area contributed by atoms with E-state index < -0.39 is 0 Å². The van der Waals surface area contributed by atoms with E-state index in [1.165, 1.54) is 10.4 Å². The maximum atomic E-state index is 8.63. The summed E-state index contributed by atoms with van der Waals surface area (Å²) in [5.74, 6) is 5.54. The van der Waals surface area contributed by atoms with Crippen molar-refractivity contribution in [1.82, 2.24) is 0 Å². The van der Waals surface area contributed by atoms with Crippen LogP contribution >= 0.6 is 11.3 Å². The standard InChI is InChI=1S/C17H18O2S/c18-10-4-8-16-12-17(20-14-16)13-19-11-5-9-15-6-2-1-3-7-15/h1-3,6-7,12,14,18H,5,9-11,13H2. The van der Waals surface area contributed by atoms with E-state index in [2.05, 4.69) is 36.1 Å². The molecule has 2 rings (SSSR count). The number of hydrogen-bond donors (Lipinski definition) is 1. The van der Waals surface area contributed by atoms with Gasteiger partial charge in [-0.2, -0.15) is 0 Å². The van der Waals surface area contributed by atoms with Gasteiger partial charge < -0.3 is 9.84 Å². The van der Waals surface area contributed by atoms with Crippen molar-refractivity contribution < 1.29 is 9.84 Å². The van der Waals surface area contributed by atoms with Crippen LogP contribution in [-0.4, -0.2) is 18.3 Å². The molecule has 0 aliphatic heterocycles. The maximum absolute atomic E-state index is 8.63. The third-order valence-corrected chi connectivity index (χ3v) is 3.72. The van der Waals surface area contributed by atoms with Crippen molar-refractivity contribution >= 4 is 11.3 Å². The first-order valence-corrected chi connectivity index (χ1v) is 7.55. The lowest BCUT2D eigenvalue weighted by atomic mass is 10.1. The van der Waals surface area contributed by atoms with Gasteiger partial charge in [0, 0.05) is 22.4 Å². The molecule has 0 fully saturated rings. The van der Waals surface area contributed by atoms with Crippen molar-refractivity contribution in [3.05, 3.63) is 57.8 Å². The first-order chi connectivity index (χ1) is 9.88. The van der Waals surface area contributed by atoms with E-state index in [1.807, 2.05) is 17.5 Å². The number of aryl methyl sites for hydroxylation is 1. The van der Waals surface area contributed by atoms with Gasteiger partial charge in [0.25, 0.3) is 0 Å². The number of hydrogen-bond acceptors (Lipinski definition) is 3. The molecular formula is C17H18O2S. The molecule has 2 aromatic rings. The molecule has 3 heteroatoms. The van der Waals surface area contributed by atoms with E-state index in [0.717, 1.165) is 25.0 Å². The summed E-state index contributed by atoms with van der Waals surface area (Å²) >= 11 is 1.65. The van der Waals surface area contributed by atoms with Crippen LogP contribution in [0.2, 0.25) is 0 Å². The Morgan fingerprint density at radius 3 is 2.85 bits per heavy atom. The molecule has 0 radical (unpaired) electrons. The molecule has 0 atom stereocenters. The number of thiophene rings is 1. The van der Waals surface area contributed by atoms with Gasteiger partial charge in [0.2, 0.25) is 0 Å². The summed E-state index contributed by atoms with van der Waals surface area (Å²) in [6.45, 7) is 1.31. The molecule has 1 aromatic carbocycles. The van der Waals surface area contributed by atoms with Gasteiger partial charge in [0.15, 0.2) is 0 Å². The van der Waals surface area contributed by atoms with E-state index >= 15 is 0 Å². The van der Waals surface area contributed by atoms with Crippen molar-refractivity contribution in [3.63, 3.8) is 0 Å². The van der Waals surface area contributed by atoms with Crippen molar-refractivity contribution in [3.8, 4) is 11.8 Å². The molecule has 1 aromatic heterocycles. The molecule has 0 saturated heterocycles. The summed E-state index contributed by atoms with van der Waals surface area (Å²) in [6, 6.07) is 12.5. The molecule has 0 amide bonds. The molecule has 0 aliphatic rings. The fourth-order valence-corrected chi connectivity index (χ4v) is 2.61. The highest BCUT2D eigenvalue weighted by Crippen LogP contribution is 2.15. The van der Waals surface area contributed by atoms with Crippen LogP contribution in [0.15, 0.2) is 41.8 Å². The predicted octanol–water partition coefficient (Wildman–Crippen LogP) is 3.24. The Morgan fingerprint density at radius 1 is 1.20 bits per heavy atom. The zero-order chi connectivity index (χ0) is 14.0. The second-order valence-corrected chi connectivity index (χ2v) is 5.40. The highest BCUT2D eigenvalue weighted by molar-refractivity contribution is 7.10. The molecule has 0 saturated carbocycles. The van der Waals surface area contributed by atoms with Crippen LogP contribution < -0.4 is 0 Å². The minimum absolute atomic E-state index is 0.0961. The summed E-state index contributed by atoms with van der Waals surface area (Å²) in [7, 11) is 0. The summed E-state index contributed by atoms with van der Waals surface area (Å²) in [5, 5.41) is 10.6. The van der Waals surface area contributed by atoms with Crippen LogP contribution in [0.5, 0.6) is 0 Å². The van der Waals surface area contributed by atoms with E-state index in [4.69, 9.17) is 9.84 Å². The molecule has 0 spiro atoms. The van der Waals surface area contributed by atoms with Gasteiger partial charge in [-0.05, 0) is 24.5 Å². The average molecular weight is 286 g/mol. The van der Waals surface area contributed by atoms with Crippen molar-refractivity contribution in [1.29, 1.82) is 0 Å². The minimum atomic E-state index is -0.0961. The van der Waals surface area contributed by atoms with Crippen molar-refractivity contribution in [2.24, 2.45) is 0 Å². The highest BCUT2D eigenvalue weighted by Gasteiger charge is 1.98. The molecule has 2 nitrogen and oxygen atoms in total. The summed E-state index contributed by atoms with van der Waals surface area (Å²) < 4.78 is 5.67.